The molecule has 0 radical (unpaired) electrons. The maximum atomic E-state index is 12.9. The number of nitrogens with zero attached hydrogens (tertiary/aromatic N) is 2. The van der Waals surface area contributed by atoms with Crippen molar-refractivity contribution in [2.45, 2.75) is 33.2 Å². The fraction of sp³-hybridized carbons (Fsp3) is 0.200. The monoisotopic (exact) mass is 431 g/mol. The van der Waals surface area contributed by atoms with Crippen LogP contribution in [0.3, 0.4) is 0 Å². The van der Waals surface area contributed by atoms with Gasteiger partial charge in [0.1, 0.15) is 5.76 Å². The maximum Gasteiger partial charge on any atom is 0.291 e. The fourth-order valence-electron chi connectivity index (χ4n) is 4.08. The van der Waals surface area contributed by atoms with Crippen LogP contribution < -0.4 is 5.32 Å². The SMILES string of the molecule is Cc1ccc(Cn2cc3c(n2)-c2c(oc(C(=O)Nc4ccccc4Cl)c2C)CC3)cc1. The van der Waals surface area contributed by atoms with Gasteiger partial charge in [-0.15, -0.1) is 0 Å². The minimum atomic E-state index is -0.305. The lowest BCUT2D eigenvalue weighted by Crippen LogP contribution is -2.12. The lowest BCUT2D eigenvalue weighted by molar-refractivity contribution is 0.0994. The summed E-state index contributed by atoms with van der Waals surface area (Å²) < 4.78 is 7.98. The van der Waals surface area contributed by atoms with E-state index in [9.17, 15) is 4.79 Å². The Morgan fingerprint density at radius 3 is 2.68 bits per heavy atom. The molecule has 1 aliphatic carbocycles. The van der Waals surface area contributed by atoms with Crippen LogP contribution in [0, 0.1) is 13.8 Å². The van der Waals surface area contributed by atoms with E-state index in [1.54, 1.807) is 12.1 Å². The minimum absolute atomic E-state index is 0.305. The predicted molar refractivity (Wildman–Crippen MR) is 122 cm³/mol. The highest BCUT2D eigenvalue weighted by Gasteiger charge is 2.30. The number of rotatable bonds is 4. The zero-order valence-corrected chi connectivity index (χ0v) is 18.2. The van der Waals surface area contributed by atoms with Crippen LogP contribution in [0.5, 0.6) is 0 Å². The number of amides is 1. The third-order valence-electron chi connectivity index (χ3n) is 5.71. The predicted octanol–water partition coefficient (Wildman–Crippen LogP) is 5.81. The number of aromatic nitrogens is 2. The molecule has 0 unspecified atom stereocenters. The third kappa shape index (κ3) is 3.66. The van der Waals surface area contributed by atoms with Crippen molar-refractivity contribution >= 4 is 23.2 Å². The number of hydrogen-bond acceptors (Lipinski definition) is 3. The number of carbonyl (C=O) groups excluding carboxylic acids is 1. The molecule has 2 aromatic heterocycles. The van der Waals surface area contributed by atoms with Crippen molar-refractivity contribution in [2.24, 2.45) is 0 Å². The normalized spacial score (nSPS) is 12.4. The number of carbonyl (C=O) groups is 1. The molecule has 1 N–H and O–H groups in total. The number of aryl methyl sites for hydroxylation is 3. The van der Waals surface area contributed by atoms with E-state index in [4.69, 9.17) is 21.1 Å². The first-order chi connectivity index (χ1) is 15.0. The van der Waals surface area contributed by atoms with Crippen LogP contribution in [0.4, 0.5) is 5.69 Å². The summed E-state index contributed by atoms with van der Waals surface area (Å²) in [6, 6.07) is 15.6. The minimum Gasteiger partial charge on any atom is -0.455 e. The van der Waals surface area contributed by atoms with E-state index in [0.717, 1.165) is 35.4 Å². The quantitative estimate of drug-likeness (QED) is 0.443. The zero-order chi connectivity index (χ0) is 21.5. The molecule has 4 aromatic rings. The van der Waals surface area contributed by atoms with Crippen LogP contribution >= 0.6 is 11.6 Å². The van der Waals surface area contributed by atoms with Gasteiger partial charge in [-0.05, 0) is 43.5 Å². The van der Waals surface area contributed by atoms with Gasteiger partial charge in [0.15, 0.2) is 5.76 Å². The molecule has 0 fully saturated rings. The molecule has 6 heteroatoms. The Labute approximate surface area is 185 Å². The molecule has 0 spiro atoms. The van der Waals surface area contributed by atoms with Gasteiger partial charge in [0.2, 0.25) is 0 Å². The van der Waals surface area contributed by atoms with E-state index < -0.39 is 0 Å². The number of hydrogen-bond donors (Lipinski definition) is 1. The Morgan fingerprint density at radius 2 is 1.90 bits per heavy atom. The first-order valence-electron chi connectivity index (χ1n) is 10.3. The average Bonchev–Trinajstić information content (AvgIpc) is 3.31. The molecule has 2 heterocycles. The van der Waals surface area contributed by atoms with Crippen molar-refractivity contribution in [1.82, 2.24) is 9.78 Å². The molecule has 2 aromatic carbocycles. The number of fused-ring (bicyclic) bond motifs is 3. The van der Waals surface area contributed by atoms with Crippen molar-refractivity contribution in [3.05, 3.63) is 93.5 Å². The molecule has 1 amide bonds. The summed E-state index contributed by atoms with van der Waals surface area (Å²) in [4.78, 5) is 12.9. The Hall–Kier alpha value is -3.31. The van der Waals surface area contributed by atoms with Gasteiger partial charge in [0.25, 0.3) is 5.91 Å². The lowest BCUT2D eigenvalue weighted by Gasteiger charge is -2.09. The number of benzene rings is 2. The molecular weight excluding hydrogens is 410 g/mol. The number of furan rings is 1. The second-order valence-electron chi connectivity index (χ2n) is 7.97. The maximum absolute atomic E-state index is 12.9. The van der Waals surface area contributed by atoms with Crippen molar-refractivity contribution in [3.63, 3.8) is 0 Å². The van der Waals surface area contributed by atoms with Crippen LogP contribution in [0.25, 0.3) is 11.3 Å². The molecule has 0 aliphatic heterocycles. The van der Waals surface area contributed by atoms with E-state index in [0.29, 0.717) is 23.0 Å². The Kier molecular flexibility index (Phi) is 4.91. The van der Waals surface area contributed by atoms with E-state index >= 15 is 0 Å². The number of halogens is 1. The third-order valence-corrected chi connectivity index (χ3v) is 6.04. The molecule has 31 heavy (non-hydrogen) atoms. The summed E-state index contributed by atoms with van der Waals surface area (Å²) in [6.45, 7) is 4.70. The van der Waals surface area contributed by atoms with Crippen molar-refractivity contribution in [2.75, 3.05) is 5.32 Å². The highest BCUT2D eigenvalue weighted by Crippen LogP contribution is 2.38. The van der Waals surface area contributed by atoms with Crippen LogP contribution in [-0.2, 0) is 19.4 Å². The number of nitrogens with one attached hydrogen (secondary N) is 1. The number of anilines is 1. The standard InChI is InChI=1S/C25H22ClN3O2/c1-15-7-9-17(10-8-15)13-29-14-18-11-12-21-22(23(18)28-29)16(2)24(31-21)25(30)27-20-6-4-3-5-19(20)26/h3-10,14H,11-13H2,1-2H3,(H,27,30). The summed E-state index contributed by atoms with van der Waals surface area (Å²) in [6.07, 6.45) is 3.70. The van der Waals surface area contributed by atoms with E-state index in [2.05, 4.69) is 42.7 Å². The molecule has 156 valence electrons. The molecule has 5 rings (SSSR count). The summed E-state index contributed by atoms with van der Waals surface area (Å²) in [5, 5.41) is 8.19. The van der Waals surface area contributed by atoms with E-state index in [-0.39, 0.29) is 5.91 Å². The topological polar surface area (TPSA) is 60.1 Å². The van der Waals surface area contributed by atoms with Crippen molar-refractivity contribution < 1.29 is 9.21 Å². The van der Waals surface area contributed by atoms with Gasteiger partial charge in [-0.1, -0.05) is 53.6 Å². The first-order valence-corrected chi connectivity index (χ1v) is 10.7. The van der Waals surface area contributed by atoms with Crippen LogP contribution in [0.15, 0.2) is 59.1 Å². The van der Waals surface area contributed by atoms with Gasteiger partial charge < -0.3 is 9.73 Å². The van der Waals surface area contributed by atoms with E-state index in [1.165, 1.54) is 16.7 Å². The van der Waals surface area contributed by atoms with Gasteiger partial charge in [0.05, 0.1) is 22.9 Å². The molecule has 0 bridgehead atoms. The lowest BCUT2D eigenvalue weighted by atomic mass is 9.93. The highest BCUT2D eigenvalue weighted by atomic mass is 35.5. The Balaban J connectivity index is 1.45. The average molecular weight is 432 g/mol. The Morgan fingerprint density at radius 1 is 1.13 bits per heavy atom. The molecule has 5 nitrogen and oxygen atoms in total. The van der Waals surface area contributed by atoms with E-state index in [1.807, 2.05) is 23.7 Å². The Bertz CT molecular complexity index is 1280. The zero-order valence-electron chi connectivity index (χ0n) is 17.4. The largest absolute Gasteiger partial charge is 0.455 e. The van der Waals surface area contributed by atoms with Crippen LogP contribution in [-0.4, -0.2) is 15.7 Å². The summed E-state index contributed by atoms with van der Waals surface area (Å²) in [5.74, 6) is 0.821. The van der Waals surface area contributed by atoms with Crippen LogP contribution in [0.2, 0.25) is 5.02 Å². The molecule has 1 aliphatic rings. The van der Waals surface area contributed by atoms with Crippen LogP contribution in [0.1, 0.15) is 38.6 Å². The van der Waals surface area contributed by atoms with Crippen molar-refractivity contribution in [3.8, 4) is 11.3 Å². The molecule has 0 atom stereocenters. The second-order valence-corrected chi connectivity index (χ2v) is 8.38. The van der Waals surface area contributed by atoms with Gasteiger partial charge in [0, 0.05) is 23.7 Å². The van der Waals surface area contributed by atoms with Gasteiger partial charge in [-0.25, -0.2) is 0 Å². The second kappa shape index (κ2) is 7.75. The summed E-state index contributed by atoms with van der Waals surface area (Å²) in [5.41, 5.74) is 6.84. The van der Waals surface area contributed by atoms with Gasteiger partial charge in [-0.2, -0.15) is 5.10 Å². The molecule has 0 saturated heterocycles. The molecular formula is C25H22ClN3O2. The first kappa shape index (κ1) is 19.6. The summed E-state index contributed by atoms with van der Waals surface area (Å²) >= 11 is 6.18. The van der Waals surface area contributed by atoms with Gasteiger partial charge in [-0.3, -0.25) is 9.48 Å². The molecule has 0 saturated carbocycles. The fourth-order valence-corrected chi connectivity index (χ4v) is 4.27. The van der Waals surface area contributed by atoms with Crippen molar-refractivity contribution in [1.29, 1.82) is 0 Å². The highest BCUT2D eigenvalue weighted by molar-refractivity contribution is 6.33. The summed E-state index contributed by atoms with van der Waals surface area (Å²) in [7, 11) is 0. The smallest absolute Gasteiger partial charge is 0.291 e. The van der Waals surface area contributed by atoms with Gasteiger partial charge >= 0.3 is 0 Å². The number of para-hydroxylation sites is 1.